The molecule has 0 saturated carbocycles. The molecule has 0 aliphatic heterocycles. The summed E-state index contributed by atoms with van der Waals surface area (Å²) in [5, 5.41) is 0. The van der Waals surface area contributed by atoms with E-state index in [1.54, 1.807) is 0 Å². The Morgan fingerprint density at radius 2 is 1.25 bits per heavy atom. The van der Waals surface area contributed by atoms with Crippen molar-refractivity contribution in [2.75, 3.05) is 0 Å². The Balaban J connectivity index is -0.00000000500. The van der Waals surface area contributed by atoms with Crippen LogP contribution in [0.1, 0.15) is 0 Å². The fourth-order valence-corrected chi connectivity index (χ4v) is 0. The Morgan fingerprint density at radius 1 is 1.25 bits per heavy atom. The van der Waals surface area contributed by atoms with Gasteiger partial charge in [0.25, 0.3) is 0 Å². The molecular weight excluding hydrogens is 289 g/mol. The molecule has 0 bridgehead atoms. The molecule has 0 unspecified atom stereocenters. The van der Waals surface area contributed by atoms with Crippen LogP contribution in [0.15, 0.2) is 0 Å². The van der Waals surface area contributed by atoms with Gasteiger partial charge in [-0.25, -0.2) is 0 Å². The van der Waals surface area contributed by atoms with E-state index in [0.29, 0.717) is 22.5 Å². The van der Waals surface area contributed by atoms with Crippen LogP contribution in [0.4, 0.5) is 0 Å². The molecule has 0 amide bonds. The standard InChI is InChI=1S/In.K.O.Sn. The molecule has 0 spiro atoms. The number of rotatable bonds is 0. The van der Waals surface area contributed by atoms with E-state index < -0.39 is 0 Å². The molecule has 0 aliphatic rings. The first kappa shape index (κ1) is 15.7. The van der Waals surface area contributed by atoms with Crippen molar-refractivity contribution in [3.8, 4) is 0 Å². The van der Waals surface area contributed by atoms with E-state index in [4.69, 9.17) is 3.08 Å². The van der Waals surface area contributed by atoms with Gasteiger partial charge in [-0.3, -0.25) is 0 Å². The topological polar surface area (TPSA) is 17.1 Å². The third-order valence-corrected chi connectivity index (χ3v) is 0. The van der Waals surface area contributed by atoms with Crippen molar-refractivity contribution in [2.24, 2.45) is 0 Å². The average Bonchev–Trinajstić information content (AvgIpc) is 1.00. The summed E-state index contributed by atoms with van der Waals surface area (Å²) in [5.41, 5.74) is 0. The van der Waals surface area contributed by atoms with Crippen LogP contribution in [0.5, 0.6) is 0 Å². The summed E-state index contributed by atoms with van der Waals surface area (Å²) in [6, 6.07) is 0. The normalized spacial score (nSPS) is 1.00. The van der Waals surface area contributed by atoms with Crippen molar-refractivity contribution in [3.63, 3.8) is 0 Å². The summed E-state index contributed by atoms with van der Waals surface area (Å²) in [4.78, 5) is 0. The van der Waals surface area contributed by atoms with Gasteiger partial charge in [-0.05, 0) is 0 Å². The summed E-state index contributed by atoms with van der Waals surface area (Å²) < 4.78 is 8.34. The fraction of sp³-hybridized carbons (Fsp3) is 0. The van der Waals surface area contributed by atoms with Crippen molar-refractivity contribution in [3.05, 3.63) is 0 Å². The molecular formula is InKOSn. The van der Waals surface area contributed by atoms with Crippen molar-refractivity contribution in [2.45, 2.75) is 0 Å². The van der Waals surface area contributed by atoms with E-state index in [1.807, 2.05) is 0 Å². The third kappa shape index (κ3) is 8.92. The van der Waals surface area contributed by atoms with E-state index in [2.05, 4.69) is 0 Å². The second-order valence-electron chi connectivity index (χ2n) is 0. The third-order valence-electron chi connectivity index (χ3n) is 0. The van der Waals surface area contributed by atoms with E-state index in [9.17, 15) is 0 Å². The summed E-state index contributed by atoms with van der Waals surface area (Å²) in [6.45, 7) is 0. The van der Waals surface area contributed by atoms with Crippen molar-refractivity contribution >= 4 is 99.7 Å². The molecule has 0 aromatic heterocycles. The summed E-state index contributed by atoms with van der Waals surface area (Å²) >= 11 is 0.300. The summed E-state index contributed by atoms with van der Waals surface area (Å²) in [6.07, 6.45) is 0. The molecule has 0 rings (SSSR count). The summed E-state index contributed by atoms with van der Waals surface area (Å²) in [7, 11) is 0. The maximum atomic E-state index is 8.34. The van der Waals surface area contributed by atoms with E-state index in [0.717, 1.165) is 0 Å². The molecule has 14 valence electrons. The van der Waals surface area contributed by atoms with Gasteiger partial charge in [0.05, 0.1) is 0 Å². The first-order valence-electron chi connectivity index (χ1n) is 0.204. The van der Waals surface area contributed by atoms with Crippen LogP contribution in [-0.2, 0) is 3.08 Å². The number of hydrogen-bond acceptors (Lipinski definition) is 1. The van der Waals surface area contributed by atoms with Crippen LogP contribution in [0.3, 0.4) is 0 Å². The van der Waals surface area contributed by atoms with Gasteiger partial charge in [0.15, 0.2) is 0 Å². The zero-order valence-corrected chi connectivity index (χ0v) is 11.8. The fourth-order valence-electron chi connectivity index (χ4n) is 0. The molecule has 1 nitrogen and oxygen atoms in total. The molecule has 0 saturated heterocycles. The van der Waals surface area contributed by atoms with E-state index in [-0.39, 0.29) is 77.2 Å². The molecule has 0 fully saturated rings. The van der Waals surface area contributed by atoms with Crippen LogP contribution in [0, 0.1) is 0 Å². The van der Waals surface area contributed by atoms with Crippen molar-refractivity contribution in [1.82, 2.24) is 0 Å². The Bertz CT molecular complexity index is 8.00. The molecule has 0 aliphatic carbocycles. The SMILES string of the molecule is [In].[K].[O]=[Sn]. The van der Waals surface area contributed by atoms with Crippen molar-refractivity contribution in [1.29, 1.82) is 0 Å². The Kier molecular flexibility index (Phi) is 64.8. The molecule has 0 aromatic rings. The second kappa shape index (κ2) is 16.5. The first-order chi connectivity index (χ1) is 1.00. The minimum atomic E-state index is 0. The first-order valence-corrected chi connectivity index (χ1v) is 1.37. The molecule has 6 radical (unpaired) electrons. The van der Waals surface area contributed by atoms with Crippen LogP contribution in [0.25, 0.3) is 0 Å². The van der Waals surface area contributed by atoms with Gasteiger partial charge in [-0.15, -0.1) is 0 Å². The van der Waals surface area contributed by atoms with E-state index in [1.165, 1.54) is 0 Å². The van der Waals surface area contributed by atoms with Gasteiger partial charge < -0.3 is 0 Å². The van der Waals surface area contributed by atoms with Crippen LogP contribution < -0.4 is 0 Å². The van der Waals surface area contributed by atoms with Gasteiger partial charge in [-0.1, -0.05) is 0 Å². The van der Waals surface area contributed by atoms with Crippen LogP contribution in [0.2, 0.25) is 0 Å². The van der Waals surface area contributed by atoms with Gasteiger partial charge >= 0.3 is 25.6 Å². The molecule has 4 heavy (non-hydrogen) atoms. The Labute approximate surface area is 100.0 Å². The number of hydrogen-bond donors (Lipinski definition) is 0. The second-order valence-corrected chi connectivity index (χ2v) is 0. The molecule has 4 heteroatoms. The Morgan fingerprint density at radius 3 is 1.25 bits per heavy atom. The quantitative estimate of drug-likeness (QED) is 0.509. The minimum absolute atomic E-state index is 0. The molecule has 0 heterocycles. The molecule has 0 aromatic carbocycles. The van der Waals surface area contributed by atoms with Gasteiger partial charge in [0, 0.05) is 77.2 Å². The average molecular weight is 289 g/mol. The van der Waals surface area contributed by atoms with Crippen molar-refractivity contribution < 1.29 is 3.08 Å². The predicted octanol–water partition coefficient (Wildman–Crippen LogP) is -1.26. The summed E-state index contributed by atoms with van der Waals surface area (Å²) in [5.74, 6) is 0. The Hall–Kier alpha value is 3.11. The van der Waals surface area contributed by atoms with Gasteiger partial charge in [0.2, 0.25) is 0 Å². The zero-order valence-electron chi connectivity index (χ0n) is 2.49. The maximum absolute atomic E-state index is 8.34. The predicted molar refractivity (Wildman–Crippen MR) is 17.9 cm³/mol. The van der Waals surface area contributed by atoms with Gasteiger partial charge in [-0.2, -0.15) is 0 Å². The monoisotopic (exact) mass is 290 g/mol. The molecule has 0 atom stereocenters. The van der Waals surface area contributed by atoms with E-state index >= 15 is 0 Å². The zero-order chi connectivity index (χ0) is 2.00. The van der Waals surface area contributed by atoms with Gasteiger partial charge in [0.1, 0.15) is 0 Å². The van der Waals surface area contributed by atoms with Crippen LogP contribution >= 0.6 is 0 Å². The van der Waals surface area contributed by atoms with Crippen LogP contribution in [-0.4, -0.2) is 99.7 Å². The molecule has 0 N–H and O–H groups in total.